The van der Waals surface area contributed by atoms with Crippen LogP contribution >= 0.6 is 23.2 Å². The van der Waals surface area contributed by atoms with E-state index in [4.69, 9.17) is 28.3 Å². The van der Waals surface area contributed by atoms with Gasteiger partial charge in [-0.25, -0.2) is 24.5 Å². The first kappa shape index (κ1) is 29.4. The highest BCUT2D eigenvalue weighted by molar-refractivity contribution is 6.31. The predicted octanol–water partition coefficient (Wildman–Crippen LogP) is 5.67. The number of anilines is 3. The van der Waals surface area contributed by atoms with E-state index in [0.717, 1.165) is 18.7 Å². The fourth-order valence-electron chi connectivity index (χ4n) is 3.13. The SMILES string of the molecule is CNCCCl.O=C(O)Nc1ncnc2c1ncn2-c1ccc(NC(=O)Nc2ccc(Cl)c(C(F)(F)F)c2)cc1. The Balaban J connectivity index is 0.000000771. The highest BCUT2D eigenvalue weighted by Gasteiger charge is 2.33. The molecule has 39 heavy (non-hydrogen) atoms. The molecule has 16 heteroatoms. The Morgan fingerprint density at radius 2 is 1.67 bits per heavy atom. The van der Waals surface area contributed by atoms with Crippen LogP contribution in [0.2, 0.25) is 5.02 Å². The summed E-state index contributed by atoms with van der Waals surface area (Å²) in [6, 6.07) is 8.66. The van der Waals surface area contributed by atoms with Crippen molar-refractivity contribution in [3.05, 3.63) is 65.7 Å². The molecule has 0 saturated carbocycles. The normalized spacial score (nSPS) is 10.9. The van der Waals surface area contributed by atoms with Crippen LogP contribution in [0.1, 0.15) is 5.56 Å². The Hall–Kier alpha value is -4.14. The van der Waals surface area contributed by atoms with E-state index in [2.05, 4.69) is 36.2 Å². The zero-order chi connectivity index (χ0) is 28.6. The average Bonchev–Trinajstić information content (AvgIpc) is 3.31. The minimum absolute atomic E-state index is 0.0297. The number of carbonyl (C=O) groups is 2. The lowest BCUT2D eigenvalue weighted by Crippen LogP contribution is -2.20. The molecule has 0 saturated heterocycles. The number of aromatic nitrogens is 4. The molecule has 11 nitrogen and oxygen atoms in total. The van der Waals surface area contributed by atoms with Crippen molar-refractivity contribution < 1.29 is 27.9 Å². The lowest BCUT2D eigenvalue weighted by Gasteiger charge is -2.12. The number of imidazole rings is 1. The largest absolute Gasteiger partial charge is 0.465 e. The number of hydrogen-bond acceptors (Lipinski definition) is 6. The van der Waals surface area contributed by atoms with Crippen LogP contribution in [0.25, 0.3) is 16.9 Å². The average molecular weight is 585 g/mol. The van der Waals surface area contributed by atoms with Crippen molar-refractivity contribution in [2.24, 2.45) is 0 Å². The van der Waals surface area contributed by atoms with Gasteiger partial charge < -0.3 is 21.1 Å². The third-order valence-corrected chi connectivity index (χ3v) is 5.35. The Morgan fingerprint density at radius 1 is 1.00 bits per heavy atom. The van der Waals surface area contributed by atoms with Gasteiger partial charge in [-0.1, -0.05) is 11.6 Å². The minimum Gasteiger partial charge on any atom is -0.465 e. The zero-order valence-corrected chi connectivity index (χ0v) is 21.6. The highest BCUT2D eigenvalue weighted by Crippen LogP contribution is 2.36. The van der Waals surface area contributed by atoms with Gasteiger partial charge in [0.2, 0.25) is 0 Å². The third-order valence-electron chi connectivity index (χ3n) is 4.84. The fraction of sp³-hybridized carbons (Fsp3) is 0.174. The van der Waals surface area contributed by atoms with E-state index in [1.54, 1.807) is 28.8 Å². The molecule has 3 amide bonds. The summed E-state index contributed by atoms with van der Waals surface area (Å²) in [6.45, 7) is 0.904. The number of alkyl halides is 4. The van der Waals surface area contributed by atoms with Crippen LogP contribution in [0.4, 0.5) is 40.0 Å². The lowest BCUT2D eigenvalue weighted by atomic mass is 10.2. The van der Waals surface area contributed by atoms with Gasteiger partial charge >= 0.3 is 18.3 Å². The van der Waals surface area contributed by atoms with E-state index in [9.17, 15) is 22.8 Å². The maximum atomic E-state index is 13.0. The molecule has 0 radical (unpaired) electrons. The van der Waals surface area contributed by atoms with Crippen LogP contribution in [-0.2, 0) is 6.18 Å². The number of halogens is 5. The molecule has 2 aromatic carbocycles. The van der Waals surface area contributed by atoms with Crippen molar-refractivity contribution in [2.75, 3.05) is 35.4 Å². The molecule has 0 bridgehead atoms. The molecule has 0 aliphatic heterocycles. The second-order valence-corrected chi connectivity index (χ2v) is 8.34. The summed E-state index contributed by atoms with van der Waals surface area (Å²) in [5.74, 6) is 0.735. The molecule has 0 aliphatic carbocycles. The van der Waals surface area contributed by atoms with E-state index in [1.165, 1.54) is 18.7 Å². The van der Waals surface area contributed by atoms with Gasteiger partial charge in [-0.3, -0.25) is 9.88 Å². The lowest BCUT2D eigenvalue weighted by molar-refractivity contribution is -0.137. The third kappa shape index (κ3) is 7.92. The van der Waals surface area contributed by atoms with Crippen molar-refractivity contribution in [1.29, 1.82) is 0 Å². The molecule has 0 fully saturated rings. The molecule has 2 aromatic heterocycles. The van der Waals surface area contributed by atoms with Crippen LogP contribution in [0.15, 0.2) is 55.1 Å². The number of nitrogens with one attached hydrogen (secondary N) is 4. The van der Waals surface area contributed by atoms with Gasteiger partial charge in [0.25, 0.3) is 0 Å². The summed E-state index contributed by atoms with van der Waals surface area (Å²) < 4.78 is 40.5. The van der Waals surface area contributed by atoms with Crippen LogP contribution in [-0.4, -0.2) is 56.2 Å². The van der Waals surface area contributed by atoms with E-state index >= 15 is 0 Å². The highest BCUT2D eigenvalue weighted by atomic mass is 35.5. The second kappa shape index (κ2) is 13.1. The molecule has 0 unspecified atom stereocenters. The summed E-state index contributed by atoms with van der Waals surface area (Å²) in [5, 5.41) is 18.3. The molecule has 4 aromatic rings. The number of rotatable bonds is 6. The maximum absolute atomic E-state index is 13.0. The molecule has 2 heterocycles. The molecular formula is C23H21Cl2F3N8O3. The summed E-state index contributed by atoms with van der Waals surface area (Å²) in [4.78, 5) is 35.2. The Labute approximate surface area is 229 Å². The summed E-state index contributed by atoms with van der Waals surface area (Å²) in [7, 11) is 1.88. The second-order valence-electron chi connectivity index (χ2n) is 7.55. The van der Waals surface area contributed by atoms with E-state index in [0.29, 0.717) is 22.9 Å². The molecule has 0 spiro atoms. The van der Waals surface area contributed by atoms with Gasteiger partial charge in [0.15, 0.2) is 17.0 Å². The van der Waals surface area contributed by atoms with Crippen molar-refractivity contribution in [3.8, 4) is 5.69 Å². The van der Waals surface area contributed by atoms with Crippen LogP contribution in [0.5, 0.6) is 0 Å². The number of carboxylic acid groups (broad SMARTS) is 1. The van der Waals surface area contributed by atoms with E-state index in [-0.39, 0.29) is 17.0 Å². The molecule has 5 N–H and O–H groups in total. The number of carbonyl (C=O) groups excluding carboxylic acids is 1. The minimum atomic E-state index is -4.66. The Bertz CT molecular complexity index is 1450. The van der Waals surface area contributed by atoms with Gasteiger partial charge in [0.1, 0.15) is 12.7 Å². The number of nitrogens with zero attached hydrogens (tertiary/aromatic N) is 4. The van der Waals surface area contributed by atoms with E-state index < -0.39 is 28.9 Å². The number of benzene rings is 2. The topological polar surface area (TPSA) is 146 Å². The monoisotopic (exact) mass is 584 g/mol. The first-order chi connectivity index (χ1) is 18.5. The molecular weight excluding hydrogens is 564 g/mol. The van der Waals surface area contributed by atoms with Gasteiger partial charge in [0.05, 0.1) is 10.6 Å². The number of urea groups is 1. The first-order valence-corrected chi connectivity index (χ1v) is 11.9. The summed E-state index contributed by atoms with van der Waals surface area (Å²) in [5.41, 5.74) is 0.406. The molecule has 4 rings (SSSR count). The molecule has 206 valence electrons. The Morgan fingerprint density at radius 3 is 2.26 bits per heavy atom. The van der Waals surface area contributed by atoms with Crippen LogP contribution in [0.3, 0.4) is 0 Å². The molecule has 0 aliphatic rings. The smallest absolute Gasteiger partial charge is 0.417 e. The zero-order valence-electron chi connectivity index (χ0n) is 20.1. The van der Waals surface area contributed by atoms with Crippen LogP contribution in [0, 0.1) is 0 Å². The number of hydrogen-bond donors (Lipinski definition) is 5. The van der Waals surface area contributed by atoms with Gasteiger partial charge in [-0.05, 0) is 49.5 Å². The summed E-state index contributed by atoms with van der Waals surface area (Å²) in [6.07, 6.45) is -3.34. The Kier molecular flexibility index (Phi) is 9.87. The van der Waals surface area contributed by atoms with Gasteiger partial charge in [-0.2, -0.15) is 13.2 Å². The summed E-state index contributed by atoms with van der Waals surface area (Å²) >= 11 is 10.8. The van der Waals surface area contributed by atoms with Crippen molar-refractivity contribution >= 4 is 63.7 Å². The van der Waals surface area contributed by atoms with Crippen LogP contribution < -0.4 is 21.3 Å². The van der Waals surface area contributed by atoms with E-state index in [1.807, 2.05) is 7.05 Å². The fourth-order valence-corrected chi connectivity index (χ4v) is 3.54. The van der Waals surface area contributed by atoms with Crippen molar-refractivity contribution in [1.82, 2.24) is 24.8 Å². The first-order valence-electron chi connectivity index (χ1n) is 11.0. The number of amides is 3. The predicted molar refractivity (Wildman–Crippen MR) is 142 cm³/mol. The maximum Gasteiger partial charge on any atom is 0.417 e. The quantitative estimate of drug-likeness (QED) is 0.183. The van der Waals surface area contributed by atoms with Crippen molar-refractivity contribution in [2.45, 2.75) is 6.18 Å². The van der Waals surface area contributed by atoms with Gasteiger partial charge in [0, 0.05) is 29.5 Å². The van der Waals surface area contributed by atoms with Gasteiger partial charge in [-0.15, -0.1) is 11.6 Å². The number of fused-ring (bicyclic) bond motifs is 1. The van der Waals surface area contributed by atoms with Crippen molar-refractivity contribution in [3.63, 3.8) is 0 Å². The standard InChI is InChI=1S/C20H13ClF3N7O3.C3H8ClN/c21-14-6-3-11(7-13(14)20(22,23)24)29-18(32)28-10-1-4-12(5-2-10)31-9-27-15-16(30-19(33)34)25-8-26-17(15)31;1-5-3-2-4/h1-9H,(H,33,34)(H,25,26,30)(H2,28,29,32);5H,2-3H2,1H3. The molecule has 0 atom stereocenters.